The fraction of sp³-hybridized carbons (Fsp3) is 0.667. The zero-order chi connectivity index (χ0) is 87.2. The number of hydrogen-bond donors (Lipinski definition) is 17. The van der Waals surface area contributed by atoms with E-state index < -0.39 is 242 Å². The minimum absolute atomic E-state index is 0.0162. The van der Waals surface area contributed by atoms with E-state index in [1.165, 1.54) is 31.2 Å². The number of benzene rings is 1. The van der Waals surface area contributed by atoms with Gasteiger partial charge in [-0.3, -0.25) is 81.5 Å². The largest absolute Gasteiger partial charge is 0.508 e. The summed E-state index contributed by atoms with van der Waals surface area (Å²) in [7, 11) is 0. The van der Waals surface area contributed by atoms with Crippen LogP contribution in [0.1, 0.15) is 221 Å². The van der Waals surface area contributed by atoms with Crippen LogP contribution in [-0.4, -0.2) is 254 Å². The first-order chi connectivity index (χ1) is 55.0. The highest BCUT2D eigenvalue weighted by atomic mass is 16.5. The Balaban J connectivity index is 1.27. The maximum atomic E-state index is 14.9. The molecule has 0 bridgehead atoms. The van der Waals surface area contributed by atoms with E-state index in [1.807, 2.05) is 0 Å². The van der Waals surface area contributed by atoms with Crippen molar-refractivity contribution >= 4 is 107 Å². The lowest BCUT2D eigenvalue weighted by Gasteiger charge is -2.34. The molecular weight excluding hydrogens is 1530 g/mol. The minimum Gasteiger partial charge on any atom is -0.508 e. The number of amides is 12. The number of hydrogen-bond acceptors (Lipinski definition) is 20. The van der Waals surface area contributed by atoms with Crippen LogP contribution in [0, 0.1) is 11.8 Å². The van der Waals surface area contributed by atoms with Crippen LogP contribution in [0.15, 0.2) is 35.9 Å². The van der Waals surface area contributed by atoms with Gasteiger partial charge in [-0.2, -0.15) is 0 Å². The highest BCUT2D eigenvalue weighted by Crippen LogP contribution is 2.39. The number of carboxylic acids is 6. The Morgan fingerprint density at radius 1 is 0.470 bits per heavy atom. The molecule has 4 aliphatic rings. The average Bonchev–Trinajstić information content (AvgIpc) is 1.61. The third kappa shape index (κ3) is 30.6. The molecule has 1 aliphatic carbocycles. The monoisotopic (exact) mass is 1650 g/mol. The maximum absolute atomic E-state index is 14.9. The molecule has 5 rings (SSSR count). The number of rotatable bonds is 49. The van der Waals surface area contributed by atoms with E-state index in [1.54, 1.807) is 47.6 Å². The lowest BCUT2D eigenvalue weighted by atomic mass is 9.84. The van der Waals surface area contributed by atoms with Crippen LogP contribution in [0.2, 0.25) is 0 Å². The molecule has 39 nitrogen and oxygen atoms in total. The molecule has 0 spiro atoms. The molecule has 3 fully saturated rings. The van der Waals surface area contributed by atoms with E-state index in [-0.39, 0.29) is 82.0 Å². The smallest absolute Gasteiger partial charge is 0.326 e. The summed E-state index contributed by atoms with van der Waals surface area (Å²) in [5.74, 6) is -20.7. The van der Waals surface area contributed by atoms with Crippen molar-refractivity contribution in [3.8, 4) is 5.75 Å². The molecule has 12 atom stereocenters. The summed E-state index contributed by atoms with van der Waals surface area (Å²) >= 11 is 0. The number of phenols is 1. The maximum Gasteiger partial charge on any atom is 0.326 e. The van der Waals surface area contributed by atoms with Crippen LogP contribution in [0.4, 0.5) is 0 Å². The van der Waals surface area contributed by atoms with Gasteiger partial charge in [0.1, 0.15) is 72.2 Å². The second-order valence-electron chi connectivity index (χ2n) is 31.6. The Kier molecular flexibility index (Phi) is 38.2. The number of carboxylic acid groups (broad SMARTS) is 6. The van der Waals surface area contributed by atoms with E-state index in [2.05, 4.69) is 53.2 Å². The van der Waals surface area contributed by atoms with Gasteiger partial charge in [-0.15, -0.1) is 10.3 Å². The summed E-state index contributed by atoms with van der Waals surface area (Å²) in [6.45, 7) is 11.4. The molecule has 39 heteroatoms. The van der Waals surface area contributed by atoms with Gasteiger partial charge in [0.15, 0.2) is 0 Å². The van der Waals surface area contributed by atoms with Crippen molar-refractivity contribution in [1.29, 1.82) is 0 Å². The lowest BCUT2D eigenvalue weighted by molar-refractivity contribution is -0.238. The molecule has 0 unspecified atom stereocenters. The highest BCUT2D eigenvalue weighted by molar-refractivity contribution is 6.01. The van der Waals surface area contributed by atoms with Crippen LogP contribution in [0.3, 0.4) is 0 Å². The Morgan fingerprint density at radius 2 is 0.932 bits per heavy atom. The van der Waals surface area contributed by atoms with Gasteiger partial charge in [0.25, 0.3) is 0 Å². The predicted octanol–water partition coefficient (Wildman–Crippen LogP) is 0.936. The zero-order valence-corrected chi connectivity index (χ0v) is 67.3. The lowest BCUT2D eigenvalue weighted by Crippen LogP contribution is -2.61. The summed E-state index contributed by atoms with van der Waals surface area (Å²) in [5.41, 5.74) is -1.18. The van der Waals surface area contributed by atoms with Crippen LogP contribution >= 0.6 is 0 Å². The van der Waals surface area contributed by atoms with Gasteiger partial charge < -0.3 is 98.7 Å². The van der Waals surface area contributed by atoms with Crippen LogP contribution in [0.5, 0.6) is 5.75 Å². The van der Waals surface area contributed by atoms with Crippen molar-refractivity contribution in [3.63, 3.8) is 0 Å². The molecule has 649 valence electrons. The van der Waals surface area contributed by atoms with Crippen molar-refractivity contribution in [2.75, 3.05) is 19.6 Å². The Labute approximate surface area is 677 Å². The molecular formula is C78H116N13O26. The van der Waals surface area contributed by atoms with E-state index >= 15 is 0 Å². The molecule has 1 aromatic rings. The highest BCUT2D eigenvalue weighted by Gasteiger charge is 2.50. The molecule has 3 aliphatic heterocycles. The van der Waals surface area contributed by atoms with E-state index in [0.717, 1.165) is 34.1 Å². The second-order valence-corrected chi connectivity index (χ2v) is 31.6. The number of likely N-dealkylation sites (tertiary alicyclic amines) is 2. The number of unbranched alkanes of at least 4 members (excludes halogenated alkanes) is 4. The number of phenolic OH excluding ortho intramolecular Hbond substituents is 1. The van der Waals surface area contributed by atoms with Crippen LogP contribution < -0.4 is 53.2 Å². The number of nitrogens with zero attached hydrogens (tertiary/aromatic N) is 3. The van der Waals surface area contributed by atoms with E-state index in [9.17, 15) is 122 Å². The van der Waals surface area contributed by atoms with Gasteiger partial charge in [0, 0.05) is 63.7 Å². The topological polar surface area (TPSA) is 599 Å². The second kappa shape index (κ2) is 46.2. The van der Waals surface area contributed by atoms with Gasteiger partial charge >= 0.3 is 35.8 Å². The van der Waals surface area contributed by atoms with Gasteiger partial charge in [-0.1, -0.05) is 89.8 Å². The molecule has 17 N–H and O–H groups in total. The molecule has 3 heterocycles. The van der Waals surface area contributed by atoms with E-state index in [4.69, 9.17) is 5.11 Å². The predicted molar refractivity (Wildman–Crippen MR) is 412 cm³/mol. The van der Waals surface area contributed by atoms with Crippen molar-refractivity contribution in [2.24, 2.45) is 11.8 Å². The number of hydroxylamine groups is 2. The Bertz CT molecular complexity index is 3770. The fourth-order valence-corrected chi connectivity index (χ4v) is 14.8. The van der Waals surface area contributed by atoms with Gasteiger partial charge in [0.05, 0.1) is 17.5 Å². The molecule has 12 amide bonds. The first kappa shape index (κ1) is 96.7. The van der Waals surface area contributed by atoms with Crippen molar-refractivity contribution < 1.29 is 127 Å². The number of carbonyl (C=O) groups is 18. The first-order valence-electron chi connectivity index (χ1n) is 40.0. The SMILES string of the molecule is CC[C@H](C)[C@H](NC(=O)[C@@H]1CCCN1C(=O)[C@H](CCC(=O)O)NC(=O)[C@H](Cc1ccc(O)cc1)NC(=O)[C@H](CC(=O)O)NC(=O)CCCCCCCNC(=O)C1=CC(C)(C)N([O])C1(C)C)C(=O)N1CCC[C@H]1C(=O)N[C@@H](CCC(=O)O)C(=O)N[C@@H](CCC(=O)O)C(=O)N[C@@H](C)C(=O)N[C@@H](CC1CCCCC1)C(=O)N[C@H](CCC(=O)O)C(=O)O. The first-order valence-corrected chi connectivity index (χ1v) is 40.0. The number of carbonyl (C=O) groups excluding carboxylic acids is 12. The normalized spacial score (nSPS) is 19.0. The Hall–Kier alpha value is -10.9. The molecule has 1 saturated carbocycles. The van der Waals surface area contributed by atoms with Crippen molar-refractivity contribution in [2.45, 2.75) is 299 Å². The Morgan fingerprint density at radius 3 is 1.47 bits per heavy atom. The molecule has 0 aromatic heterocycles. The molecule has 117 heavy (non-hydrogen) atoms. The fourth-order valence-electron chi connectivity index (χ4n) is 14.8. The quantitative estimate of drug-likeness (QED) is 0.0404. The van der Waals surface area contributed by atoms with Gasteiger partial charge in [0.2, 0.25) is 70.9 Å². The number of aromatic hydroxyl groups is 1. The molecule has 1 radical (unpaired) electrons. The van der Waals surface area contributed by atoms with Gasteiger partial charge in [-0.25, -0.2) is 4.79 Å². The number of nitrogens with one attached hydrogen (secondary N) is 10. The summed E-state index contributed by atoms with van der Waals surface area (Å²) < 4.78 is 0. The summed E-state index contributed by atoms with van der Waals surface area (Å²) in [6.07, 6.45) is 2.29. The number of aliphatic carboxylic acids is 6. The standard InChI is InChI=1S/C78H116N13O26/c1-8-43(2)64(75(114)90-38-18-21-56(90)72(111)83-50(29-33-60(96)97)68(107)82-49(28-32-59(94)95)67(106)80-44(3)65(104)86-53(39-45-19-13-12-14-20-45)70(109)85-52(76(115)116)31-35-62(100)101)88-73(112)57-22-17-37-89(57)74(113)51(30-34-61(98)99)84-69(108)54(40-46-24-26-47(92)27-25-46)87-71(110)55(41-63(102)103)81-58(93)23-15-10-9-11-16-36-79-66(105)48-42-77(4,5)91(117)78(48,6)7/h24-27,42-45,49-57,64,92H,8-23,28-41H2,1-7H3,(H,79,105)(H,80,106)(H,81,93)(H,82,107)(H,83,111)(H,84,108)(H,85,109)(H,86,104)(H,87,110)(H,88,112)(H,94,95)(H,96,97)(H,98,99)(H,100,101)(H,102,103)(H,115,116)/t43-,44-,49-,50-,51-,52+,53-,54-,55-,56-,57-,64-/m0/s1. The van der Waals surface area contributed by atoms with E-state index in [0.29, 0.717) is 62.6 Å². The minimum atomic E-state index is -1.78. The third-order valence-corrected chi connectivity index (χ3v) is 21.6. The summed E-state index contributed by atoms with van der Waals surface area (Å²) in [6, 6.07) is -12.1. The average molecular weight is 1650 g/mol. The molecule has 1 aromatic carbocycles. The summed E-state index contributed by atoms with van der Waals surface area (Å²) in [5, 5.41) is 107. The van der Waals surface area contributed by atoms with Crippen molar-refractivity contribution in [3.05, 3.63) is 41.5 Å². The van der Waals surface area contributed by atoms with Crippen LogP contribution in [0.25, 0.3) is 0 Å². The van der Waals surface area contributed by atoms with Crippen molar-refractivity contribution in [1.82, 2.24) is 68.0 Å². The van der Waals surface area contributed by atoms with Gasteiger partial charge in [-0.05, 0) is 135 Å². The van der Waals surface area contributed by atoms with Crippen LogP contribution in [-0.2, 0) is 97.9 Å². The third-order valence-electron chi connectivity index (χ3n) is 21.6. The summed E-state index contributed by atoms with van der Waals surface area (Å²) in [4.78, 5) is 243. The zero-order valence-electron chi connectivity index (χ0n) is 67.3. The molecule has 2 saturated heterocycles.